The minimum atomic E-state index is 0.419. The van der Waals surface area contributed by atoms with Gasteiger partial charge in [-0.3, -0.25) is 0 Å². The van der Waals surface area contributed by atoms with Gasteiger partial charge in [0.05, 0.1) is 5.69 Å². The number of rotatable bonds is 3. The van der Waals surface area contributed by atoms with Crippen LogP contribution in [0, 0.1) is 13.8 Å². The summed E-state index contributed by atoms with van der Waals surface area (Å²) in [7, 11) is 0. The van der Waals surface area contributed by atoms with Crippen molar-refractivity contribution in [3.05, 3.63) is 28.7 Å². The van der Waals surface area contributed by atoms with Crippen molar-refractivity contribution in [1.82, 2.24) is 20.3 Å². The van der Waals surface area contributed by atoms with Crippen LogP contribution in [0.15, 0.2) is 11.4 Å². The summed E-state index contributed by atoms with van der Waals surface area (Å²) < 4.78 is 0. The normalized spacial score (nSPS) is 19.0. The third-order valence-electron chi connectivity index (χ3n) is 3.39. The number of hydrogen-bond acceptors (Lipinski definition) is 6. The largest absolute Gasteiger partial charge is 0.316 e. The van der Waals surface area contributed by atoms with Crippen molar-refractivity contribution < 1.29 is 0 Å². The van der Waals surface area contributed by atoms with E-state index in [4.69, 9.17) is 0 Å². The molecule has 1 aliphatic rings. The van der Waals surface area contributed by atoms with E-state index in [0.29, 0.717) is 5.92 Å². The van der Waals surface area contributed by atoms with Crippen LogP contribution in [0.2, 0.25) is 0 Å². The lowest BCUT2D eigenvalue weighted by molar-refractivity contribution is 0.446. The van der Waals surface area contributed by atoms with E-state index in [1.807, 2.05) is 25.3 Å². The van der Waals surface area contributed by atoms with Gasteiger partial charge in [0.1, 0.15) is 11.6 Å². The van der Waals surface area contributed by atoms with Gasteiger partial charge < -0.3 is 10.6 Å². The van der Waals surface area contributed by atoms with Crippen molar-refractivity contribution in [1.29, 1.82) is 0 Å². The molecular weight excluding hydrogens is 270 g/mol. The van der Waals surface area contributed by atoms with Gasteiger partial charge in [-0.1, -0.05) is 0 Å². The van der Waals surface area contributed by atoms with Gasteiger partial charge in [0.15, 0.2) is 5.13 Å². The molecule has 2 aromatic rings. The first-order chi connectivity index (χ1) is 9.70. The quantitative estimate of drug-likeness (QED) is 0.909. The molecule has 0 saturated carbocycles. The molecule has 2 N–H and O–H groups in total. The maximum absolute atomic E-state index is 4.67. The molecule has 1 saturated heterocycles. The molecule has 3 heterocycles. The van der Waals surface area contributed by atoms with Crippen LogP contribution in [0.3, 0.4) is 0 Å². The van der Waals surface area contributed by atoms with Gasteiger partial charge in [-0.15, -0.1) is 11.3 Å². The summed E-state index contributed by atoms with van der Waals surface area (Å²) in [4.78, 5) is 13.7. The van der Waals surface area contributed by atoms with E-state index in [-0.39, 0.29) is 0 Å². The Hall–Kier alpha value is -1.53. The maximum atomic E-state index is 4.67. The standard InChI is InChI=1S/C14H19N5S/c1-9-6-12(19-14-17-10(2)8-20-14)18-13(16-9)11-4-3-5-15-7-11/h6,8,11,15H,3-5,7H2,1-2H3,(H,16,17,18,19)/t11-/m1/s1. The zero-order valence-electron chi connectivity index (χ0n) is 11.8. The molecule has 0 aliphatic carbocycles. The summed E-state index contributed by atoms with van der Waals surface area (Å²) in [6, 6.07) is 1.97. The van der Waals surface area contributed by atoms with Crippen LogP contribution in [0.25, 0.3) is 0 Å². The van der Waals surface area contributed by atoms with E-state index in [1.165, 1.54) is 6.42 Å². The summed E-state index contributed by atoms with van der Waals surface area (Å²) >= 11 is 1.60. The topological polar surface area (TPSA) is 62.7 Å². The van der Waals surface area contributed by atoms with Gasteiger partial charge in [-0.25, -0.2) is 15.0 Å². The first-order valence-corrected chi connectivity index (χ1v) is 7.84. The Kier molecular flexibility index (Phi) is 3.93. The second kappa shape index (κ2) is 5.85. The molecule has 1 atom stereocenters. The predicted molar refractivity (Wildman–Crippen MR) is 81.7 cm³/mol. The zero-order valence-corrected chi connectivity index (χ0v) is 12.6. The Morgan fingerprint density at radius 2 is 2.15 bits per heavy atom. The molecule has 20 heavy (non-hydrogen) atoms. The highest BCUT2D eigenvalue weighted by Gasteiger charge is 2.18. The van der Waals surface area contributed by atoms with E-state index < -0.39 is 0 Å². The van der Waals surface area contributed by atoms with E-state index in [0.717, 1.165) is 47.7 Å². The molecule has 0 spiro atoms. The molecule has 0 aromatic carbocycles. The number of nitrogens with zero attached hydrogens (tertiary/aromatic N) is 3. The number of hydrogen-bond donors (Lipinski definition) is 2. The van der Waals surface area contributed by atoms with Crippen LogP contribution in [0.1, 0.15) is 36.0 Å². The lowest BCUT2D eigenvalue weighted by Gasteiger charge is -2.22. The minimum absolute atomic E-state index is 0.419. The smallest absolute Gasteiger partial charge is 0.188 e. The van der Waals surface area contributed by atoms with Crippen LogP contribution >= 0.6 is 11.3 Å². The van der Waals surface area contributed by atoms with Crippen molar-refractivity contribution in [2.24, 2.45) is 0 Å². The molecule has 0 unspecified atom stereocenters. The number of piperidine rings is 1. The van der Waals surface area contributed by atoms with E-state index >= 15 is 0 Å². The van der Waals surface area contributed by atoms with Crippen LogP contribution < -0.4 is 10.6 Å². The lowest BCUT2D eigenvalue weighted by atomic mass is 9.99. The van der Waals surface area contributed by atoms with E-state index in [2.05, 4.69) is 25.6 Å². The van der Waals surface area contributed by atoms with Crippen molar-refractivity contribution in [3.8, 4) is 0 Å². The highest BCUT2D eigenvalue weighted by atomic mass is 32.1. The van der Waals surface area contributed by atoms with Gasteiger partial charge in [0.2, 0.25) is 0 Å². The number of aryl methyl sites for hydroxylation is 2. The Morgan fingerprint density at radius 3 is 2.85 bits per heavy atom. The molecule has 3 rings (SSSR count). The van der Waals surface area contributed by atoms with Gasteiger partial charge in [-0.2, -0.15) is 0 Å². The molecule has 106 valence electrons. The third-order valence-corrected chi connectivity index (χ3v) is 4.26. The van der Waals surface area contributed by atoms with E-state index in [9.17, 15) is 0 Å². The summed E-state index contributed by atoms with van der Waals surface area (Å²) in [6.07, 6.45) is 2.35. The van der Waals surface area contributed by atoms with Crippen molar-refractivity contribution in [2.75, 3.05) is 18.4 Å². The van der Waals surface area contributed by atoms with E-state index in [1.54, 1.807) is 11.3 Å². The van der Waals surface area contributed by atoms with Crippen molar-refractivity contribution in [3.63, 3.8) is 0 Å². The monoisotopic (exact) mass is 289 g/mol. The molecule has 0 bridgehead atoms. The summed E-state index contributed by atoms with van der Waals surface area (Å²) in [5, 5.41) is 9.61. The van der Waals surface area contributed by atoms with Crippen molar-refractivity contribution in [2.45, 2.75) is 32.6 Å². The fourth-order valence-electron chi connectivity index (χ4n) is 2.43. The molecule has 6 heteroatoms. The van der Waals surface area contributed by atoms with Gasteiger partial charge in [0, 0.05) is 29.6 Å². The zero-order chi connectivity index (χ0) is 13.9. The lowest BCUT2D eigenvalue weighted by Crippen LogP contribution is -2.29. The molecule has 2 aromatic heterocycles. The Bertz CT molecular complexity index is 589. The number of aromatic nitrogens is 3. The molecular formula is C14H19N5S. The molecule has 0 radical (unpaired) electrons. The minimum Gasteiger partial charge on any atom is -0.316 e. The average Bonchev–Trinajstić information content (AvgIpc) is 2.84. The Labute approximate surface area is 122 Å². The molecule has 5 nitrogen and oxygen atoms in total. The van der Waals surface area contributed by atoms with Crippen LogP contribution in [-0.2, 0) is 0 Å². The second-order valence-electron chi connectivity index (χ2n) is 5.22. The van der Waals surface area contributed by atoms with Crippen LogP contribution in [0.5, 0.6) is 0 Å². The SMILES string of the molecule is Cc1cc(Nc2nc(C)cs2)nc([C@@H]2CCCNC2)n1. The average molecular weight is 289 g/mol. The fraction of sp³-hybridized carbons (Fsp3) is 0.500. The van der Waals surface area contributed by atoms with Crippen molar-refractivity contribution >= 4 is 22.3 Å². The van der Waals surface area contributed by atoms with Crippen LogP contribution in [0.4, 0.5) is 10.9 Å². The van der Waals surface area contributed by atoms with Gasteiger partial charge in [0.25, 0.3) is 0 Å². The number of nitrogens with one attached hydrogen (secondary N) is 2. The summed E-state index contributed by atoms with van der Waals surface area (Å²) in [6.45, 7) is 6.08. The predicted octanol–water partition coefficient (Wildman–Crippen LogP) is 2.76. The summed E-state index contributed by atoms with van der Waals surface area (Å²) in [5.41, 5.74) is 2.02. The first kappa shape index (κ1) is 13.5. The molecule has 1 aliphatic heterocycles. The Morgan fingerprint density at radius 1 is 1.25 bits per heavy atom. The molecule has 1 fully saturated rings. The number of thiazole rings is 1. The maximum Gasteiger partial charge on any atom is 0.188 e. The fourth-order valence-corrected chi connectivity index (χ4v) is 3.13. The first-order valence-electron chi connectivity index (χ1n) is 6.96. The second-order valence-corrected chi connectivity index (χ2v) is 6.07. The van der Waals surface area contributed by atoms with Gasteiger partial charge >= 0.3 is 0 Å². The highest BCUT2D eigenvalue weighted by molar-refractivity contribution is 7.13. The third kappa shape index (κ3) is 3.13. The van der Waals surface area contributed by atoms with Crippen LogP contribution in [-0.4, -0.2) is 28.0 Å². The number of anilines is 2. The highest BCUT2D eigenvalue weighted by Crippen LogP contribution is 2.24. The Balaban J connectivity index is 1.82. The van der Waals surface area contributed by atoms with Gasteiger partial charge in [-0.05, 0) is 33.2 Å². The summed E-state index contributed by atoms with van der Waals surface area (Å²) in [5.74, 6) is 2.20. The molecule has 0 amide bonds.